The Morgan fingerprint density at radius 3 is 2.08 bits per heavy atom. The summed E-state index contributed by atoms with van der Waals surface area (Å²) in [5, 5.41) is 0. The first kappa shape index (κ1) is 21.2. The van der Waals surface area contributed by atoms with Gasteiger partial charge >= 0.3 is 0 Å². The summed E-state index contributed by atoms with van der Waals surface area (Å²) in [7, 11) is 0. The van der Waals surface area contributed by atoms with Crippen molar-refractivity contribution in [3.63, 3.8) is 0 Å². The van der Waals surface area contributed by atoms with Gasteiger partial charge in [-0.05, 0) is 49.7 Å². The SMILES string of the molecule is CC.CCC(C)c1ccc(CC(C)CN2CC(C)OC(C)C2)cc1. The molecule has 4 atom stereocenters. The Balaban J connectivity index is 0.00000139. The highest BCUT2D eigenvalue weighted by Gasteiger charge is 2.23. The summed E-state index contributed by atoms with van der Waals surface area (Å²) in [6.45, 7) is 18.6. The van der Waals surface area contributed by atoms with Crippen LogP contribution in [-0.4, -0.2) is 36.7 Å². The predicted molar refractivity (Wildman–Crippen MR) is 106 cm³/mol. The highest BCUT2D eigenvalue weighted by molar-refractivity contribution is 5.25. The van der Waals surface area contributed by atoms with Gasteiger partial charge in [-0.3, -0.25) is 4.90 Å². The van der Waals surface area contributed by atoms with Gasteiger partial charge in [0.05, 0.1) is 12.2 Å². The van der Waals surface area contributed by atoms with Crippen LogP contribution >= 0.6 is 0 Å². The van der Waals surface area contributed by atoms with Gasteiger partial charge in [0.2, 0.25) is 0 Å². The second-order valence-corrected chi connectivity index (χ2v) is 7.34. The van der Waals surface area contributed by atoms with E-state index >= 15 is 0 Å². The van der Waals surface area contributed by atoms with Crippen molar-refractivity contribution in [3.05, 3.63) is 35.4 Å². The van der Waals surface area contributed by atoms with Crippen LogP contribution in [0, 0.1) is 5.92 Å². The number of nitrogens with zero attached hydrogens (tertiary/aromatic N) is 1. The quantitative estimate of drug-likeness (QED) is 0.680. The Bertz CT molecular complexity index is 432. The number of rotatable bonds is 6. The van der Waals surface area contributed by atoms with Gasteiger partial charge < -0.3 is 4.74 Å². The zero-order chi connectivity index (χ0) is 18.1. The lowest BCUT2D eigenvalue weighted by atomic mass is 9.94. The highest BCUT2D eigenvalue weighted by atomic mass is 16.5. The number of benzene rings is 1. The van der Waals surface area contributed by atoms with Crippen molar-refractivity contribution >= 4 is 0 Å². The molecule has 0 radical (unpaired) electrons. The molecule has 0 spiro atoms. The molecule has 0 saturated carbocycles. The molecule has 2 nitrogen and oxygen atoms in total. The van der Waals surface area contributed by atoms with E-state index in [-0.39, 0.29) is 0 Å². The summed E-state index contributed by atoms with van der Waals surface area (Å²) in [4.78, 5) is 2.57. The van der Waals surface area contributed by atoms with Gasteiger partial charge in [0.15, 0.2) is 0 Å². The monoisotopic (exact) mass is 333 g/mol. The molecule has 4 unspecified atom stereocenters. The van der Waals surface area contributed by atoms with Crippen molar-refractivity contribution in [2.45, 2.75) is 79.4 Å². The van der Waals surface area contributed by atoms with Crippen molar-refractivity contribution in [3.8, 4) is 0 Å². The molecule has 0 aromatic heterocycles. The summed E-state index contributed by atoms with van der Waals surface area (Å²) in [5.74, 6) is 1.36. The van der Waals surface area contributed by atoms with E-state index in [1.807, 2.05) is 13.8 Å². The third kappa shape index (κ3) is 6.94. The number of hydrogen-bond donors (Lipinski definition) is 0. The number of morpholine rings is 1. The van der Waals surface area contributed by atoms with Crippen LogP contribution in [0.15, 0.2) is 24.3 Å². The molecule has 2 rings (SSSR count). The molecule has 1 fully saturated rings. The molecule has 2 heteroatoms. The molecule has 1 aliphatic rings. The molecule has 0 bridgehead atoms. The minimum atomic E-state index is 0.366. The van der Waals surface area contributed by atoms with E-state index in [0.717, 1.165) is 13.1 Å². The van der Waals surface area contributed by atoms with Crippen LogP contribution in [0.4, 0.5) is 0 Å². The average molecular weight is 334 g/mol. The molecular formula is C22H39NO. The predicted octanol–water partition coefficient (Wildman–Crippen LogP) is 5.51. The van der Waals surface area contributed by atoms with E-state index < -0.39 is 0 Å². The Morgan fingerprint density at radius 2 is 1.58 bits per heavy atom. The van der Waals surface area contributed by atoms with Crippen LogP contribution in [-0.2, 0) is 11.2 Å². The van der Waals surface area contributed by atoms with Gasteiger partial charge in [0.1, 0.15) is 0 Å². The normalized spacial score (nSPS) is 24.0. The molecule has 24 heavy (non-hydrogen) atoms. The van der Waals surface area contributed by atoms with Crippen molar-refractivity contribution in [2.24, 2.45) is 5.92 Å². The van der Waals surface area contributed by atoms with Crippen molar-refractivity contribution in [2.75, 3.05) is 19.6 Å². The minimum absolute atomic E-state index is 0.366. The third-order valence-corrected chi connectivity index (χ3v) is 4.81. The second kappa shape index (κ2) is 10.9. The molecule has 1 heterocycles. The lowest BCUT2D eigenvalue weighted by molar-refractivity contribution is -0.0708. The van der Waals surface area contributed by atoms with E-state index in [4.69, 9.17) is 4.74 Å². The van der Waals surface area contributed by atoms with E-state index in [2.05, 4.69) is 63.8 Å². The smallest absolute Gasteiger partial charge is 0.0678 e. The first-order valence-electron chi connectivity index (χ1n) is 9.94. The standard InChI is InChI=1S/C20H33NO.C2H6/c1-6-16(3)20-9-7-19(8-10-20)11-15(2)12-21-13-17(4)22-18(5)14-21;1-2/h7-10,15-18H,6,11-14H2,1-5H3;1-2H3. The van der Waals surface area contributed by atoms with Crippen molar-refractivity contribution in [1.29, 1.82) is 0 Å². The van der Waals surface area contributed by atoms with E-state index in [9.17, 15) is 0 Å². The summed E-state index contributed by atoms with van der Waals surface area (Å²) in [6, 6.07) is 9.27. The highest BCUT2D eigenvalue weighted by Crippen LogP contribution is 2.20. The fourth-order valence-electron chi connectivity index (χ4n) is 3.56. The topological polar surface area (TPSA) is 12.5 Å². The molecule has 0 N–H and O–H groups in total. The Labute approximate surface area is 150 Å². The van der Waals surface area contributed by atoms with Crippen molar-refractivity contribution < 1.29 is 4.74 Å². The van der Waals surface area contributed by atoms with E-state index in [0.29, 0.717) is 24.0 Å². The minimum Gasteiger partial charge on any atom is -0.373 e. The molecule has 138 valence electrons. The fourth-order valence-corrected chi connectivity index (χ4v) is 3.56. The van der Waals surface area contributed by atoms with Gasteiger partial charge in [-0.1, -0.05) is 58.9 Å². The molecule has 1 aliphatic heterocycles. The van der Waals surface area contributed by atoms with Crippen LogP contribution in [0.5, 0.6) is 0 Å². The third-order valence-electron chi connectivity index (χ3n) is 4.81. The lowest BCUT2D eigenvalue weighted by Crippen LogP contribution is -2.47. The van der Waals surface area contributed by atoms with Crippen LogP contribution < -0.4 is 0 Å². The molecule has 1 aromatic carbocycles. The summed E-state index contributed by atoms with van der Waals surface area (Å²) in [6.07, 6.45) is 3.11. The van der Waals surface area contributed by atoms with Gasteiger partial charge in [-0.15, -0.1) is 0 Å². The van der Waals surface area contributed by atoms with Gasteiger partial charge in [-0.25, -0.2) is 0 Å². The number of hydrogen-bond acceptors (Lipinski definition) is 2. The van der Waals surface area contributed by atoms with Crippen LogP contribution in [0.25, 0.3) is 0 Å². The first-order valence-corrected chi connectivity index (χ1v) is 9.94. The summed E-state index contributed by atoms with van der Waals surface area (Å²) in [5.41, 5.74) is 2.93. The fraction of sp³-hybridized carbons (Fsp3) is 0.727. The summed E-state index contributed by atoms with van der Waals surface area (Å²) >= 11 is 0. The molecule has 1 saturated heterocycles. The Hall–Kier alpha value is -0.860. The van der Waals surface area contributed by atoms with Gasteiger partial charge in [0.25, 0.3) is 0 Å². The van der Waals surface area contributed by atoms with Gasteiger partial charge in [0, 0.05) is 19.6 Å². The largest absolute Gasteiger partial charge is 0.373 e. The maximum atomic E-state index is 5.82. The lowest BCUT2D eigenvalue weighted by Gasteiger charge is -2.36. The Morgan fingerprint density at radius 1 is 1.04 bits per heavy atom. The molecule has 1 aromatic rings. The van der Waals surface area contributed by atoms with E-state index in [1.165, 1.54) is 30.5 Å². The second-order valence-electron chi connectivity index (χ2n) is 7.34. The molecule has 0 aliphatic carbocycles. The Kier molecular flexibility index (Phi) is 9.61. The van der Waals surface area contributed by atoms with Crippen LogP contribution in [0.3, 0.4) is 0 Å². The first-order chi connectivity index (χ1) is 11.5. The van der Waals surface area contributed by atoms with Crippen LogP contribution in [0.1, 0.15) is 71.9 Å². The molecule has 0 amide bonds. The molecular weight excluding hydrogens is 294 g/mol. The zero-order valence-corrected chi connectivity index (χ0v) is 17.0. The van der Waals surface area contributed by atoms with E-state index in [1.54, 1.807) is 0 Å². The number of ether oxygens (including phenoxy) is 1. The zero-order valence-electron chi connectivity index (χ0n) is 17.0. The summed E-state index contributed by atoms with van der Waals surface area (Å²) < 4.78 is 5.82. The van der Waals surface area contributed by atoms with Gasteiger partial charge in [-0.2, -0.15) is 0 Å². The van der Waals surface area contributed by atoms with Crippen LogP contribution in [0.2, 0.25) is 0 Å². The maximum Gasteiger partial charge on any atom is 0.0678 e. The maximum absolute atomic E-state index is 5.82. The average Bonchev–Trinajstić information content (AvgIpc) is 2.55. The van der Waals surface area contributed by atoms with Crippen molar-refractivity contribution in [1.82, 2.24) is 4.90 Å².